The Hall–Kier alpha value is -2.67. The van der Waals surface area contributed by atoms with Crippen molar-refractivity contribution < 1.29 is 4.79 Å². The molecular formula is C21H25N5OS. The molecule has 0 saturated carbocycles. The van der Waals surface area contributed by atoms with E-state index in [4.69, 9.17) is 0 Å². The molecule has 0 aliphatic heterocycles. The van der Waals surface area contributed by atoms with Gasteiger partial charge in [-0.05, 0) is 55.9 Å². The van der Waals surface area contributed by atoms with Gasteiger partial charge in [0, 0.05) is 18.4 Å². The first kappa shape index (κ1) is 20.1. The van der Waals surface area contributed by atoms with Crippen molar-refractivity contribution in [2.24, 2.45) is 18.1 Å². The SMILES string of the molecule is C=C(C)[C@@H]1CC=C(C)/C(=N\NC(=O)c2ccc(CSc3nncn3C)cc2)C1. The summed E-state index contributed by atoms with van der Waals surface area (Å²) in [6.45, 7) is 8.12. The molecule has 0 spiro atoms. The number of thioether (sulfide) groups is 1. The monoisotopic (exact) mass is 395 g/mol. The Morgan fingerprint density at radius 3 is 2.79 bits per heavy atom. The number of hydrazone groups is 1. The van der Waals surface area contributed by atoms with E-state index in [0.29, 0.717) is 11.5 Å². The van der Waals surface area contributed by atoms with E-state index >= 15 is 0 Å². The van der Waals surface area contributed by atoms with Gasteiger partial charge < -0.3 is 4.57 Å². The van der Waals surface area contributed by atoms with Gasteiger partial charge in [0.15, 0.2) is 5.16 Å². The van der Waals surface area contributed by atoms with Gasteiger partial charge in [-0.15, -0.1) is 10.2 Å². The molecule has 1 aliphatic carbocycles. The number of hydrogen-bond donors (Lipinski definition) is 1. The van der Waals surface area contributed by atoms with E-state index in [-0.39, 0.29) is 5.91 Å². The van der Waals surface area contributed by atoms with Crippen LogP contribution in [0.3, 0.4) is 0 Å². The zero-order valence-corrected chi connectivity index (χ0v) is 17.3. The van der Waals surface area contributed by atoms with Crippen LogP contribution in [0.15, 0.2) is 64.7 Å². The molecule has 7 heteroatoms. The summed E-state index contributed by atoms with van der Waals surface area (Å²) >= 11 is 1.61. The molecule has 146 valence electrons. The standard InChI is InChI=1S/C21H25N5OS/c1-14(2)18-8-5-15(3)19(11-18)23-24-20(27)17-9-6-16(7-10-17)12-28-21-25-22-13-26(21)4/h5-7,9-10,13,18H,1,8,11-12H2,2-4H3,(H,24,27)/b23-19-/t18-/m1/s1. The van der Waals surface area contributed by atoms with Crippen LogP contribution in [0.25, 0.3) is 0 Å². The van der Waals surface area contributed by atoms with Gasteiger partial charge in [-0.3, -0.25) is 4.79 Å². The molecule has 6 nitrogen and oxygen atoms in total. The predicted octanol–water partition coefficient (Wildman–Crippen LogP) is 4.13. The van der Waals surface area contributed by atoms with Gasteiger partial charge in [0.25, 0.3) is 5.91 Å². The molecule has 1 aliphatic rings. The van der Waals surface area contributed by atoms with E-state index in [0.717, 1.165) is 46.2 Å². The smallest absolute Gasteiger partial charge is 0.271 e. The number of rotatable bonds is 6. The Labute approximate surface area is 169 Å². The number of benzene rings is 1. The Bertz CT molecular complexity index is 927. The number of aromatic nitrogens is 3. The van der Waals surface area contributed by atoms with Crippen molar-refractivity contribution in [1.82, 2.24) is 20.2 Å². The highest BCUT2D eigenvalue weighted by molar-refractivity contribution is 7.98. The van der Waals surface area contributed by atoms with Crippen LogP contribution in [0.2, 0.25) is 0 Å². The van der Waals surface area contributed by atoms with Gasteiger partial charge >= 0.3 is 0 Å². The molecule has 0 saturated heterocycles. The molecule has 28 heavy (non-hydrogen) atoms. The largest absolute Gasteiger partial charge is 0.312 e. The molecule has 1 atom stereocenters. The fourth-order valence-corrected chi connectivity index (χ4v) is 3.75. The van der Waals surface area contributed by atoms with Crippen LogP contribution in [0.4, 0.5) is 0 Å². The maximum Gasteiger partial charge on any atom is 0.271 e. The predicted molar refractivity (Wildman–Crippen MR) is 113 cm³/mol. The Morgan fingerprint density at radius 2 is 2.14 bits per heavy atom. The van der Waals surface area contributed by atoms with E-state index in [2.05, 4.69) is 33.4 Å². The van der Waals surface area contributed by atoms with Crippen molar-refractivity contribution in [1.29, 1.82) is 0 Å². The minimum Gasteiger partial charge on any atom is -0.312 e. The summed E-state index contributed by atoms with van der Waals surface area (Å²) in [5.74, 6) is 0.957. The van der Waals surface area contributed by atoms with Crippen LogP contribution >= 0.6 is 11.8 Å². The number of nitrogens with zero attached hydrogens (tertiary/aromatic N) is 4. The van der Waals surface area contributed by atoms with Gasteiger partial charge in [0.1, 0.15) is 6.33 Å². The van der Waals surface area contributed by atoms with Crippen molar-refractivity contribution >= 4 is 23.4 Å². The fourth-order valence-electron chi connectivity index (χ4n) is 2.91. The van der Waals surface area contributed by atoms with Crippen molar-refractivity contribution in [3.63, 3.8) is 0 Å². The number of allylic oxidation sites excluding steroid dienone is 3. The summed E-state index contributed by atoms with van der Waals surface area (Å²) < 4.78 is 1.88. The molecule has 1 amide bonds. The van der Waals surface area contributed by atoms with Crippen LogP contribution in [-0.4, -0.2) is 26.4 Å². The van der Waals surface area contributed by atoms with Crippen molar-refractivity contribution in [3.8, 4) is 0 Å². The highest BCUT2D eigenvalue weighted by atomic mass is 32.2. The van der Waals surface area contributed by atoms with E-state index < -0.39 is 0 Å². The average Bonchev–Trinajstić information content (AvgIpc) is 3.10. The zero-order valence-electron chi connectivity index (χ0n) is 16.5. The Morgan fingerprint density at radius 1 is 1.39 bits per heavy atom. The summed E-state index contributed by atoms with van der Waals surface area (Å²) in [4.78, 5) is 12.4. The number of hydrogen-bond acceptors (Lipinski definition) is 5. The first-order chi connectivity index (χ1) is 13.4. The van der Waals surface area contributed by atoms with Gasteiger partial charge in [-0.2, -0.15) is 5.10 Å². The highest BCUT2D eigenvalue weighted by Crippen LogP contribution is 2.26. The van der Waals surface area contributed by atoms with Gasteiger partial charge in [0.2, 0.25) is 0 Å². The van der Waals surface area contributed by atoms with E-state index in [1.54, 1.807) is 18.1 Å². The van der Waals surface area contributed by atoms with E-state index in [1.165, 1.54) is 0 Å². The maximum atomic E-state index is 12.4. The van der Waals surface area contributed by atoms with Gasteiger partial charge in [-0.25, -0.2) is 5.43 Å². The quantitative estimate of drug-likeness (QED) is 0.454. The van der Waals surface area contributed by atoms with E-state index in [9.17, 15) is 4.79 Å². The van der Waals surface area contributed by atoms with Crippen LogP contribution in [0, 0.1) is 5.92 Å². The molecule has 0 fully saturated rings. The normalized spacial score (nSPS) is 18.0. The molecule has 0 bridgehead atoms. The lowest BCUT2D eigenvalue weighted by Crippen LogP contribution is -2.23. The molecule has 1 N–H and O–H groups in total. The zero-order chi connectivity index (χ0) is 20.1. The van der Waals surface area contributed by atoms with Crippen molar-refractivity contribution in [3.05, 3.63) is 65.5 Å². The molecule has 3 rings (SSSR count). The third kappa shape index (κ3) is 4.98. The molecule has 0 unspecified atom stereocenters. The first-order valence-corrected chi connectivity index (χ1v) is 10.2. The second kappa shape index (κ2) is 9.01. The maximum absolute atomic E-state index is 12.4. The third-order valence-corrected chi connectivity index (χ3v) is 5.95. The fraction of sp³-hybridized carbons (Fsp3) is 0.333. The second-order valence-electron chi connectivity index (χ2n) is 7.08. The van der Waals surface area contributed by atoms with Crippen LogP contribution in [0.5, 0.6) is 0 Å². The number of amides is 1. The second-order valence-corrected chi connectivity index (χ2v) is 8.02. The van der Waals surface area contributed by atoms with Crippen molar-refractivity contribution in [2.75, 3.05) is 0 Å². The average molecular weight is 396 g/mol. The topological polar surface area (TPSA) is 72.2 Å². The lowest BCUT2D eigenvalue weighted by atomic mass is 9.85. The van der Waals surface area contributed by atoms with Crippen LogP contribution in [0.1, 0.15) is 42.6 Å². The summed E-state index contributed by atoms with van der Waals surface area (Å²) in [7, 11) is 1.92. The minimum atomic E-state index is -0.203. The number of carbonyl (C=O) groups is 1. The van der Waals surface area contributed by atoms with Gasteiger partial charge in [-0.1, -0.05) is 42.1 Å². The van der Waals surface area contributed by atoms with Gasteiger partial charge in [0.05, 0.1) is 5.71 Å². The van der Waals surface area contributed by atoms with Crippen molar-refractivity contribution in [2.45, 2.75) is 37.6 Å². The molecule has 2 aromatic rings. The third-order valence-electron chi connectivity index (χ3n) is 4.85. The first-order valence-electron chi connectivity index (χ1n) is 9.19. The summed E-state index contributed by atoms with van der Waals surface area (Å²) in [5, 5.41) is 13.1. The molecular weight excluding hydrogens is 370 g/mol. The lowest BCUT2D eigenvalue weighted by molar-refractivity contribution is 0.0954. The molecule has 1 heterocycles. The van der Waals surface area contributed by atoms with Crippen LogP contribution < -0.4 is 5.43 Å². The number of aryl methyl sites for hydroxylation is 1. The lowest BCUT2D eigenvalue weighted by Gasteiger charge is -2.22. The Balaban J connectivity index is 1.58. The molecule has 1 aromatic carbocycles. The number of carbonyl (C=O) groups excluding carboxylic acids is 1. The summed E-state index contributed by atoms with van der Waals surface area (Å²) in [6.07, 6.45) is 5.65. The summed E-state index contributed by atoms with van der Waals surface area (Å²) in [5.41, 5.74) is 7.59. The van der Waals surface area contributed by atoms with Crippen LogP contribution in [-0.2, 0) is 12.8 Å². The minimum absolute atomic E-state index is 0.203. The highest BCUT2D eigenvalue weighted by Gasteiger charge is 2.19. The number of nitrogens with one attached hydrogen (secondary N) is 1. The molecule has 0 radical (unpaired) electrons. The summed E-state index contributed by atoms with van der Waals surface area (Å²) in [6, 6.07) is 7.55. The molecule has 1 aromatic heterocycles. The Kier molecular flexibility index (Phi) is 6.46. The van der Waals surface area contributed by atoms with E-state index in [1.807, 2.05) is 49.7 Å².